The lowest BCUT2D eigenvalue weighted by Gasteiger charge is -2.42. The molecule has 2 heterocycles. The lowest BCUT2D eigenvalue weighted by molar-refractivity contribution is -0.179. The summed E-state index contributed by atoms with van der Waals surface area (Å²) >= 11 is 0.156. The van der Waals surface area contributed by atoms with Crippen LogP contribution in [0.15, 0.2) is 70.1 Å². The number of nitrogens with zero attached hydrogens (tertiary/aromatic N) is 3. The van der Waals surface area contributed by atoms with Gasteiger partial charge in [-0.05, 0) is 38.8 Å². The molecule has 0 spiro atoms. The molecule has 0 aliphatic carbocycles. The summed E-state index contributed by atoms with van der Waals surface area (Å²) in [4.78, 5) is 6.97. The highest BCUT2D eigenvalue weighted by molar-refractivity contribution is 8.14. The zero-order chi connectivity index (χ0) is 26.6. The summed E-state index contributed by atoms with van der Waals surface area (Å²) in [5.41, 5.74) is 2.51. The first-order valence-electron chi connectivity index (χ1n) is 12.5. The first-order chi connectivity index (χ1) is 17.6. The monoisotopic (exact) mass is 543 g/mol. The Morgan fingerprint density at radius 1 is 1.00 bits per heavy atom. The molecule has 2 aliphatic heterocycles. The fraction of sp³-hybridized carbons (Fsp3) is 0.500. The Balaban J connectivity index is 1.67. The van der Waals surface area contributed by atoms with Gasteiger partial charge in [-0.1, -0.05) is 76.8 Å². The van der Waals surface area contributed by atoms with Gasteiger partial charge in [-0.2, -0.15) is 0 Å². The van der Waals surface area contributed by atoms with Crippen LogP contribution in [0.5, 0.6) is 0 Å². The Morgan fingerprint density at radius 2 is 1.54 bits per heavy atom. The maximum absolute atomic E-state index is 12.9. The third-order valence-electron chi connectivity index (χ3n) is 6.12. The Kier molecular flexibility index (Phi) is 9.37. The second kappa shape index (κ2) is 12.3. The van der Waals surface area contributed by atoms with Crippen molar-refractivity contribution in [2.45, 2.75) is 75.4 Å². The first-order valence-corrected chi connectivity index (χ1v) is 14.5. The number of thioether (sulfide) groups is 1. The van der Waals surface area contributed by atoms with Crippen molar-refractivity contribution in [3.05, 3.63) is 71.8 Å². The predicted molar refractivity (Wildman–Crippen MR) is 152 cm³/mol. The van der Waals surface area contributed by atoms with Crippen molar-refractivity contribution in [3.63, 3.8) is 0 Å². The molecule has 0 saturated carbocycles. The van der Waals surface area contributed by atoms with Crippen LogP contribution in [-0.2, 0) is 38.8 Å². The molecule has 1 fully saturated rings. The van der Waals surface area contributed by atoms with E-state index in [0.29, 0.717) is 18.9 Å². The summed E-state index contributed by atoms with van der Waals surface area (Å²) in [5, 5.41) is 0.888. The fourth-order valence-electron chi connectivity index (χ4n) is 4.10. The molecule has 0 radical (unpaired) electrons. The van der Waals surface area contributed by atoms with Crippen molar-refractivity contribution in [2.24, 2.45) is 9.39 Å². The van der Waals surface area contributed by atoms with E-state index < -0.39 is 28.3 Å². The van der Waals surface area contributed by atoms with Gasteiger partial charge in [-0.3, -0.25) is 4.99 Å². The molecule has 0 bridgehead atoms. The fourth-order valence-corrected chi connectivity index (χ4v) is 5.87. The molecule has 0 amide bonds. The topological polar surface area (TPSA) is 78.7 Å². The summed E-state index contributed by atoms with van der Waals surface area (Å²) in [6.07, 6.45) is -1.40. The molecule has 2 aromatic rings. The van der Waals surface area contributed by atoms with Gasteiger partial charge in [0, 0.05) is 14.1 Å². The predicted octanol–water partition coefficient (Wildman–Crippen LogP) is 4.84. The van der Waals surface area contributed by atoms with Crippen molar-refractivity contribution in [1.82, 2.24) is 4.90 Å². The number of hydrogen-bond acceptors (Lipinski definition) is 8. The largest absolute Gasteiger partial charge is 0.591 e. The van der Waals surface area contributed by atoms with Crippen molar-refractivity contribution in [2.75, 3.05) is 14.1 Å². The van der Waals surface area contributed by atoms with Gasteiger partial charge in [0.1, 0.15) is 45.9 Å². The van der Waals surface area contributed by atoms with Crippen LogP contribution in [-0.4, -0.2) is 69.0 Å². The third-order valence-corrected chi connectivity index (χ3v) is 8.92. The molecule has 0 N–H and O–H groups in total. The maximum atomic E-state index is 12.9. The Labute approximate surface area is 228 Å². The molecule has 9 heteroatoms. The lowest BCUT2D eigenvalue weighted by atomic mass is 9.95. The second-order valence-electron chi connectivity index (χ2n) is 10.5. The van der Waals surface area contributed by atoms with Crippen LogP contribution in [0.3, 0.4) is 0 Å². The smallest absolute Gasteiger partial charge is 0.161 e. The van der Waals surface area contributed by atoms with E-state index in [4.69, 9.17) is 19.2 Å². The van der Waals surface area contributed by atoms with E-state index in [-0.39, 0.29) is 17.6 Å². The van der Waals surface area contributed by atoms with E-state index in [0.717, 1.165) is 16.3 Å². The average molecular weight is 544 g/mol. The van der Waals surface area contributed by atoms with Crippen molar-refractivity contribution in [1.29, 1.82) is 0 Å². The molecule has 4 rings (SSSR count). The summed E-state index contributed by atoms with van der Waals surface area (Å²) in [6, 6.07) is 19.9. The number of ether oxygens (including phenoxy) is 3. The molecule has 2 aliphatic rings. The highest BCUT2D eigenvalue weighted by atomic mass is 32.2. The number of benzene rings is 2. The van der Waals surface area contributed by atoms with E-state index >= 15 is 0 Å². The van der Waals surface area contributed by atoms with Gasteiger partial charge in [-0.25, -0.2) is 0 Å². The minimum absolute atomic E-state index is 0.246. The number of hydrogen-bond donors (Lipinski definition) is 0. The molecule has 1 saturated heterocycles. The average Bonchev–Trinajstić information content (AvgIpc) is 3.31. The van der Waals surface area contributed by atoms with Gasteiger partial charge in [0.25, 0.3) is 0 Å². The number of fused-ring (bicyclic) bond motifs is 1. The number of rotatable bonds is 8. The van der Waals surface area contributed by atoms with Gasteiger partial charge < -0.3 is 23.7 Å². The highest BCUT2D eigenvalue weighted by Crippen LogP contribution is 2.40. The summed E-state index contributed by atoms with van der Waals surface area (Å²) in [6.45, 7) is 8.43. The Hall–Kier alpha value is -1.88. The van der Waals surface area contributed by atoms with Crippen molar-refractivity contribution >= 4 is 34.0 Å². The van der Waals surface area contributed by atoms with E-state index in [1.165, 1.54) is 0 Å². The number of amidine groups is 1. The second-order valence-corrected chi connectivity index (χ2v) is 13.4. The zero-order valence-electron chi connectivity index (χ0n) is 22.4. The van der Waals surface area contributed by atoms with Crippen LogP contribution in [0.25, 0.3) is 0 Å². The van der Waals surface area contributed by atoms with E-state index in [1.807, 2.05) is 107 Å². The number of aliphatic imine (C=N–C) groups is 1. The minimum Gasteiger partial charge on any atom is -0.591 e. The first kappa shape index (κ1) is 28.1. The molecule has 1 unspecified atom stereocenters. The molecular formula is C28H37N3O4S2. The Morgan fingerprint density at radius 3 is 2.05 bits per heavy atom. The summed E-state index contributed by atoms with van der Waals surface area (Å²) < 4.78 is 36.8. The standard InChI is InChI=1S/C28H37N3O4S2/c1-19(30-37(32)28(2,3)4)23-25(34-18-21-15-11-8-12-16-21)24(33-17-20-13-9-7-10-14-20)22-26(35-23)36-27(29-22)31(5)6/h7-16,22-26H,17-18H2,1-6H3/t22-,23-,24-,25+,26-,37?/m1/s1. The van der Waals surface area contributed by atoms with Gasteiger partial charge >= 0.3 is 0 Å². The van der Waals surface area contributed by atoms with Crippen LogP contribution in [0.1, 0.15) is 38.8 Å². The molecular weight excluding hydrogens is 506 g/mol. The van der Waals surface area contributed by atoms with Gasteiger partial charge in [0.2, 0.25) is 0 Å². The highest BCUT2D eigenvalue weighted by Gasteiger charge is 2.52. The molecule has 6 atom stereocenters. The summed E-state index contributed by atoms with van der Waals surface area (Å²) in [7, 11) is 3.95. The zero-order valence-corrected chi connectivity index (χ0v) is 24.0. The van der Waals surface area contributed by atoms with Crippen LogP contribution < -0.4 is 0 Å². The molecule has 200 valence electrons. The SMILES string of the molecule is CC(=N[S+]([O-])C(C)(C)C)[C@H]1O[C@@H]2SC(N(C)C)=N[C@@H]2[C@@H](OCc2ccccc2)[C@H]1OCc1ccccc1. The summed E-state index contributed by atoms with van der Waals surface area (Å²) in [5.74, 6) is 0. The van der Waals surface area contributed by atoms with Gasteiger partial charge in [0.15, 0.2) is 5.17 Å². The van der Waals surface area contributed by atoms with Crippen LogP contribution >= 0.6 is 11.8 Å². The maximum Gasteiger partial charge on any atom is 0.161 e. The normalized spacial score (nSPS) is 26.9. The lowest BCUT2D eigenvalue weighted by Crippen LogP contribution is -2.59. The third kappa shape index (κ3) is 7.16. The van der Waals surface area contributed by atoms with Gasteiger partial charge in [-0.15, -0.1) is 0 Å². The van der Waals surface area contributed by atoms with Crippen LogP contribution in [0.2, 0.25) is 0 Å². The van der Waals surface area contributed by atoms with E-state index in [9.17, 15) is 4.55 Å². The Bertz CT molecular complexity index is 1080. The van der Waals surface area contributed by atoms with Crippen molar-refractivity contribution < 1.29 is 18.8 Å². The van der Waals surface area contributed by atoms with Crippen LogP contribution in [0.4, 0.5) is 0 Å². The van der Waals surface area contributed by atoms with Crippen LogP contribution in [0, 0.1) is 0 Å². The molecule has 7 nitrogen and oxygen atoms in total. The van der Waals surface area contributed by atoms with Crippen molar-refractivity contribution in [3.8, 4) is 0 Å². The minimum atomic E-state index is -1.42. The molecule has 2 aromatic carbocycles. The molecule has 37 heavy (non-hydrogen) atoms. The van der Waals surface area contributed by atoms with E-state index in [2.05, 4.69) is 4.40 Å². The quantitative estimate of drug-likeness (QED) is 0.350. The van der Waals surface area contributed by atoms with E-state index in [1.54, 1.807) is 11.8 Å². The van der Waals surface area contributed by atoms with Gasteiger partial charge in [0.05, 0.1) is 18.9 Å². The molecule has 0 aromatic heterocycles.